The topological polar surface area (TPSA) is 68.6 Å². The average molecular weight is 275 g/mol. The number of aromatic nitrogens is 3. The SMILES string of the molecule is CN(C)CC#Cc1cnc2[nH]c3cnc(C#N)cc3c2c1. The number of fused-ring (bicyclic) bond motifs is 3. The fourth-order valence-electron chi connectivity index (χ4n) is 2.10. The Labute approximate surface area is 122 Å². The molecule has 3 rings (SSSR count). The normalized spacial score (nSPS) is 10.6. The van der Waals surface area contributed by atoms with Crippen LogP contribution in [0.4, 0.5) is 0 Å². The highest BCUT2D eigenvalue weighted by Gasteiger charge is 2.07. The molecule has 0 atom stereocenters. The van der Waals surface area contributed by atoms with E-state index in [0.29, 0.717) is 12.2 Å². The predicted octanol–water partition coefficient (Wildman–Crippen LogP) is 1.90. The lowest BCUT2D eigenvalue weighted by Crippen LogP contribution is -2.10. The molecule has 0 spiro atoms. The van der Waals surface area contributed by atoms with Crippen LogP contribution in [0.3, 0.4) is 0 Å². The molecule has 0 aliphatic carbocycles. The molecule has 0 aliphatic rings. The van der Waals surface area contributed by atoms with Gasteiger partial charge in [-0.1, -0.05) is 11.8 Å². The number of pyridine rings is 2. The van der Waals surface area contributed by atoms with Crippen LogP contribution in [0, 0.1) is 23.2 Å². The zero-order chi connectivity index (χ0) is 14.8. The maximum Gasteiger partial charge on any atom is 0.141 e. The van der Waals surface area contributed by atoms with Gasteiger partial charge in [0.2, 0.25) is 0 Å². The molecule has 0 bridgehead atoms. The molecule has 0 fully saturated rings. The van der Waals surface area contributed by atoms with Crippen LogP contribution in [0.15, 0.2) is 24.5 Å². The maximum atomic E-state index is 8.96. The van der Waals surface area contributed by atoms with Crippen molar-refractivity contribution in [3.8, 4) is 17.9 Å². The molecule has 1 N–H and O–H groups in total. The Morgan fingerprint density at radius 1 is 1.19 bits per heavy atom. The Balaban J connectivity index is 2.12. The van der Waals surface area contributed by atoms with Crippen LogP contribution in [0.1, 0.15) is 11.3 Å². The number of aromatic amines is 1. The fraction of sp³-hybridized carbons (Fsp3) is 0.188. The summed E-state index contributed by atoms with van der Waals surface area (Å²) in [6, 6.07) is 5.82. The van der Waals surface area contributed by atoms with Gasteiger partial charge in [-0.15, -0.1) is 0 Å². The molecule has 5 heteroatoms. The van der Waals surface area contributed by atoms with E-state index in [2.05, 4.69) is 32.9 Å². The van der Waals surface area contributed by atoms with Crippen molar-refractivity contribution in [2.75, 3.05) is 20.6 Å². The summed E-state index contributed by atoms with van der Waals surface area (Å²) in [4.78, 5) is 13.6. The quantitative estimate of drug-likeness (QED) is 0.689. The Bertz CT molecular complexity index is 919. The summed E-state index contributed by atoms with van der Waals surface area (Å²) >= 11 is 0. The molecule has 0 radical (unpaired) electrons. The number of hydrogen-bond acceptors (Lipinski definition) is 4. The van der Waals surface area contributed by atoms with Gasteiger partial charge in [0.25, 0.3) is 0 Å². The average Bonchev–Trinajstić information content (AvgIpc) is 2.84. The number of hydrogen-bond donors (Lipinski definition) is 1. The molecule has 0 unspecified atom stereocenters. The summed E-state index contributed by atoms with van der Waals surface area (Å²) in [6.45, 7) is 0.703. The van der Waals surface area contributed by atoms with Gasteiger partial charge in [0, 0.05) is 22.5 Å². The van der Waals surface area contributed by atoms with Gasteiger partial charge in [-0.05, 0) is 26.2 Å². The third kappa shape index (κ3) is 2.55. The highest BCUT2D eigenvalue weighted by Crippen LogP contribution is 2.24. The van der Waals surface area contributed by atoms with Gasteiger partial charge in [0.15, 0.2) is 0 Å². The molecule has 5 nitrogen and oxygen atoms in total. The second kappa shape index (κ2) is 5.24. The standard InChI is InChI=1S/C16H13N5/c1-21(2)5-3-4-11-6-14-13-7-12(8-17)18-10-15(13)20-16(14)19-9-11/h6-7,9-10H,5H2,1-2H3,(H,19,20). The molecule has 3 aromatic rings. The number of H-pyrrole nitrogens is 1. The minimum Gasteiger partial charge on any atom is -0.338 e. The van der Waals surface area contributed by atoms with Gasteiger partial charge in [-0.2, -0.15) is 5.26 Å². The minimum atomic E-state index is 0.396. The second-order valence-electron chi connectivity index (χ2n) is 5.01. The maximum absolute atomic E-state index is 8.96. The first-order valence-electron chi connectivity index (χ1n) is 6.48. The van der Waals surface area contributed by atoms with Crippen molar-refractivity contribution in [3.05, 3.63) is 35.8 Å². The van der Waals surface area contributed by atoms with Crippen LogP contribution < -0.4 is 0 Å². The molecule has 3 aromatic heterocycles. The van der Waals surface area contributed by atoms with Gasteiger partial charge < -0.3 is 4.98 Å². The molecule has 0 amide bonds. The van der Waals surface area contributed by atoms with Gasteiger partial charge in [-0.25, -0.2) is 9.97 Å². The van der Waals surface area contributed by atoms with Gasteiger partial charge in [-0.3, -0.25) is 4.90 Å². The van der Waals surface area contributed by atoms with E-state index >= 15 is 0 Å². The second-order valence-corrected chi connectivity index (χ2v) is 5.01. The summed E-state index contributed by atoms with van der Waals surface area (Å²) in [7, 11) is 3.96. The Morgan fingerprint density at radius 2 is 2.05 bits per heavy atom. The summed E-state index contributed by atoms with van der Waals surface area (Å²) in [6.07, 6.45) is 3.41. The monoisotopic (exact) mass is 275 g/mol. The first-order valence-corrected chi connectivity index (χ1v) is 6.48. The third-order valence-corrected chi connectivity index (χ3v) is 3.08. The van der Waals surface area contributed by atoms with Crippen molar-refractivity contribution in [1.29, 1.82) is 5.26 Å². The summed E-state index contributed by atoms with van der Waals surface area (Å²) < 4.78 is 0. The molecule has 0 aromatic carbocycles. The lowest BCUT2D eigenvalue weighted by Gasteiger charge is -2.00. The van der Waals surface area contributed by atoms with Crippen molar-refractivity contribution >= 4 is 21.9 Å². The van der Waals surface area contributed by atoms with E-state index in [9.17, 15) is 0 Å². The number of rotatable bonds is 1. The Morgan fingerprint density at radius 3 is 2.81 bits per heavy atom. The molecule has 3 heterocycles. The van der Waals surface area contributed by atoms with Crippen LogP contribution in [0.25, 0.3) is 21.9 Å². The Hall–Kier alpha value is -2.89. The van der Waals surface area contributed by atoms with Crippen molar-refractivity contribution in [1.82, 2.24) is 19.9 Å². The minimum absolute atomic E-state index is 0.396. The number of nitriles is 1. The molecular weight excluding hydrogens is 262 g/mol. The summed E-state index contributed by atoms with van der Waals surface area (Å²) in [5, 5.41) is 10.9. The molecule has 21 heavy (non-hydrogen) atoms. The lowest BCUT2D eigenvalue weighted by atomic mass is 10.1. The van der Waals surface area contributed by atoms with Crippen molar-refractivity contribution in [2.24, 2.45) is 0 Å². The van der Waals surface area contributed by atoms with Crippen LogP contribution in [-0.4, -0.2) is 40.5 Å². The van der Waals surface area contributed by atoms with E-state index in [1.54, 1.807) is 18.5 Å². The highest BCUT2D eigenvalue weighted by atomic mass is 15.0. The van der Waals surface area contributed by atoms with Crippen LogP contribution in [0.2, 0.25) is 0 Å². The molecule has 102 valence electrons. The van der Waals surface area contributed by atoms with Crippen LogP contribution in [-0.2, 0) is 0 Å². The largest absolute Gasteiger partial charge is 0.338 e. The lowest BCUT2D eigenvalue weighted by molar-refractivity contribution is 0.464. The summed E-state index contributed by atoms with van der Waals surface area (Å²) in [5.41, 5.74) is 2.91. The van der Waals surface area contributed by atoms with E-state index in [1.165, 1.54) is 0 Å². The molecular formula is C16H13N5. The van der Waals surface area contributed by atoms with E-state index in [-0.39, 0.29) is 0 Å². The number of nitrogens with zero attached hydrogens (tertiary/aromatic N) is 4. The van der Waals surface area contributed by atoms with Gasteiger partial charge in [0.1, 0.15) is 17.4 Å². The van der Waals surface area contributed by atoms with E-state index in [4.69, 9.17) is 5.26 Å². The highest BCUT2D eigenvalue weighted by molar-refractivity contribution is 6.06. The molecule has 0 saturated carbocycles. The Kier molecular flexibility index (Phi) is 3.27. The first kappa shape index (κ1) is 13.1. The third-order valence-electron chi connectivity index (χ3n) is 3.08. The van der Waals surface area contributed by atoms with Crippen molar-refractivity contribution in [2.45, 2.75) is 0 Å². The fourth-order valence-corrected chi connectivity index (χ4v) is 2.10. The first-order chi connectivity index (χ1) is 10.2. The van der Waals surface area contributed by atoms with Crippen molar-refractivity contribution < 1.29 is 0 Å². The van der Waals surface area contributed by atoms with E-state index < -0.39 is 0 Å². The smallest absolute Gasteiger partial charge is 0.141 e. The van der Waals surface area contributed by atoms with Crippen LogP contribution >= 0.6 is 0 Å². The van der Waals surface area contributed by atoms with Crippen molar-refractivity contribution in [3.63, 3.8) is 0 Å². The zero-order valence-electron chi connectivity index (χ0n) is 11.8. The van der Waals surface area contributed by atoms with Gasteiger partial charge >= 0.3 is 0 Å². The molecule has 0 saturated heterocycles. The zero-order valence-corrected chi connectivity index (χ0v) is 11.8. The predicted molar refractivity (Wildman–Crippen MR) is 81.5 cm³/mol. The summed E-state index contributed by atoms with van der Waals surface area (Å²) in [5.74, 6) is 6.19. The van der Waals surface area contributed by atoms with Crippen LogP contribution in [0.5, 0.6) is 0 Å². The number of nitrogens with one attached hydrogen (secondary N) is 1. The van der Waals surface area contributed by atoms with E-state index in [0.717, 1.165) is 27.5 Å². The van der Waals surface area contributed by atoms with Gasteiger partial charge in [0.05, 0.1) is 18.3 Å². The van der Waals surface area contributed by atoms with E-state index in [1.807, 2.05) is 25.1 Å². The molecule has 0 aliphatic heterocycles.